The highest BCUT2D eigenvalue weighted by Gasteiger charge is 2.19. The SMILES string of the molecule is CC/C=C\C/C=C\C/C=C\C/C=C\C/C=C\C/C=C\C/C=C\C/C=C\CCCCCCCCCCCCC(=O)OCC(COC(=O)CCCCCCC)OC(=O)CCCCCCCCCCCCCCCCCCC. The molecular formula is C69H118O6. The topological polar surface area (TPSA) is 78.9 Å². The third kappa shape index (κ3) is 61.1. The molecule has 6 nitrogen and oxygen atoms in total. The summed E-state index contributed by atoms with van der Waals surface area (Å²) in [6, 6.07) is 0. The Labute approximate surface area is 464 Å². The summed E-state index contributed by atoms with van der Waals surface area (Å²) in [7, 11) is 0. The highest BCUT2D eigenvalue weighted by molar-refractivity contribution is 5.71. The van der Waals surface area contributed by atoms with Gasteiger partial charge in [0.25, 0.3) is 0 Å². The van der Waals surface area contributed by atoms with Gasteiger partial charge in [0.2, 0.25) is 0 Å². The maximum atomic E-state index is 12.8. The molecule has 0 saturated heterocycles. The second-order valence-corrected chi connectivity index (χ2v) is 21.0. The Morgan fingerprint density at radius 1 is 0.280 bits per heavy atom. The van der Waals surface area contributed by atoms with Crippen LogP contribution >= 0.6 is 0 Å². The van der Waals surface area contributed by atoms with Gasteiger partial charge in [-0.15, -0.1) is 0 Å². The van der Waals surface area contributed by atoms with Gasteiger partial charge in [0.1, 0.15) is 13.2 Å². The largest absolute Gasteiger partial charge is 0.462 e. The summed E-state index contributed by atoms with van der Waals surface area (Å²) in [5.41, 5.74) is 0. The Hall–Kier alpha value is -3.67. The molecule has 0 saturated carbocycles. The van der Waals surface area contributed by atoms with E-state index in [0.717, 1.165) is 116 Å². The van der Waals surface area contributed by atoms with Gasteiger partial charge in [-0.05, 0) is 83.5 Å². The normalized spacial score (nSPS) is 12.7. The molecule has 0 aliphatic heterocycles. The third-order valence-electron chi connectivity index (χ3n) is 13.6. The molecule has 0 fully saturated rings. The van der Waals surface area contributed by atoms with Gasteiger partial charge in [0.15, 0.2) is 6.10 Å². The summed E-state index contributed by atoms with van der Waals surface area (Å²) in [6.45, 7) is 6.46. The van der Waals surface area contributed by atoms with E-state index >= 15 is 0 Å². The van der Waals surface area contributed by atoms with Gasteiger partial charge in [-0.3, -0.25) is 14.4 Å². The summed E-state index contributed by atoms with van der Waals surface area (Å²) in [6.07, 6.45) is 84.6. The first-order chi connectivity index (χ1) is 37.0. The van der Waals surface area contributed by atoms with E-state index < -0.39 is 6.10 Å². The predicted octanol–water partition coefficient (Wildman–Crippen LogP) is 21.7. The summed E-state index contributed by atoms with van der Waals surface area (Å²) < 4.78 is 16.8. The molecule has 0 aromatic carbocycles. The van der Waals surface area contributed by atoms with Crippen LogP contribution < -0.4 is 0 Å². The summed E-state index contributed by atoms with van der Waals surface area (Å²) in [4.78, 5) is 37.9. The van der Waals surface area contributed by atoms with Crippen LogP contribution in [0, 0.1) is 0 Å². The number of carbonyl (C=O) groups excluding carboxylic acids is 3. The molecule has 6 heteroatoms. The first-order valence-corrected chi connectivity index (χ1v) is 31.7. The molecule has 0 aromatic heterocycles. The molecule has 0 aliphatic rings. The molecule has 0 amide bonds. The number of hydrogen-bond acceptors (Lipinski definition) is 6. The van der Waals surface area contributed by atoms with E-state index in [1.165, 1.54) is 148 Å². The second-order valence-electron chi connectivity index (χ2n) is 21.0. The summed E-state index contributed by atoms with van der Waals surface area (Å²) >= 11 is 0. The van der Waals surface area contributed by atoms with Crippen molar-refractivity contribution in [1.82, 2.24) is 0 Å². The highest BCUT2D eigenvalue weighted by Crippen LogP contribution is 2.16. The van der Waals surface area contributed by atoms with Crippen molar-refractivity contribution >= 4 is 17.9 Å². The molecule has 1 atom stereocenters. The lowest BCUT2D eigenvalue weighted by Crippen LogP contribution is -2.30. The van der Waals surface area contributed by atoms with Crippen molar-refractivity contribution in [3.63, 3.8) is 0 Å². The van der Waals surface area contributed by atoms with Gasteiger partial charge in [0, 0.05) is 19.3 Å². The minimum atomic E-state index is -0.772. The van der Waals surface area contributed by atoms with Crippen LogP contribution in [0.2, 0.25) is 0 Å². The first kappa shape index (κ1) is 71.3. The van der Waals surface area contributed by atoms with E-state index in [1.54, 1.807) is 0 Å². The summed E-state index contributed by atoms with van der Waals surface area (Å²) in [5, 5.41) is 0. The fourth-order valence-corrected chi connectivity index (χ4v) is 8.87. The van der Waals surface area contributed by atoms with Crippen molar-refractivity contribution in [2.45, 2.75) is 309 Å². The van der Waals surface area contributed by atoms with Crippen LogP contribution in [0.1, 0.15) is 303 Å². The molecule has 0 N–H and O–H groups in total. The van der Waals surface area contributed by atoms with Crippen LogP contribution in [0.15, 0.2) is 97.2 Å². The Morgan fingerprint density at radius 3 is 0.813 bits per heavy atom. The van der Waals surface area contributed by atoms with Crippen molar-refractivity contribution < 1.29 is 28.6 Å². The zero-order chi connectivity index (χ0) is 54.3. The fraction of sp³-hybridized carbons (Fsp3) is 0.725. The number of ether oxygens (including phenoxy) is 3. The van der Waals surface area contributed by atoms with Gasteiger partial charge in [0.05, 0.1) is 0 Å². The molecule has 75 heavy (non-hydrogen) atoms. The van der Waals surface area contributed by atoms with E-state index in [0.29, 0.717) is 19.3 Å². The highest BCUT2D eigenvalue weighted by atomic mass is 16.6. The minimum absolute atomic E-state index is 0.0754. The van der Waals surface area contributed by atoms with Crippen LogP contribution in [0.25, 0.3) is 0 Å². The van der Waals surface area contributed by atoms with Gasteiger partial charge < -0.3 is 14.2 Å². The van der Waals surface area contributed by atoms with Crippen molar-refractivity contribution in [1.29, 1.82) is 0 Å². The smallest absolute Gasteiger partial charge is 0.306 e. The Balaban J connectivity index is 4.01. The quantitative estimate of drug-likeness (QED) is 0.0261. The fourth-order valence-electron chi connectivity index (χ4n) is 8.87. The van der Waals surface area contributed by atoms with E-state index in [1.807, 2.05) is 0 Å². The monoisotopic (exact) mass is 1040 g/mol. The van der Waals surface area contributed by atoms with Crippen LogP contribution in [0.5, 0.6) is 0 Å². The van der Waals surface area contributed by atoms with Crippen LogP contribution in [0.4, 0.5) is 0 Å². The lowest BCUT2D eigenvalue weighted by Gasteiger charge is -2.18. The van der Waals surface area contributed by atoms with Gasteiger partial charge >= 0.3 is 17.9 Å². The third-order valence-corrected chi connectivity index (χ3v) is 13.6. The number of rotatable bonds is 57. The van der Waals surface area contributed by atoms with E-state index in [2.05, 4.69) is 118 Å². The number of allylic oxidation sites excluding steroid dienone is 16. The predicted molar refractivity (Wildman–Crippen MR) is 325 cm³/mol. The zero-order valence-electron chi connectivity index (χ0n) is 49.3. The van der Waals surface area contributed by atoms with Crippen LogP contribution in [-0.4, -0.2) is 37.2 Å². The van der Waals surface area contributed by atoms with Crippen molar-refractivity contribution in [2.75, 3.05) is 13.2 Å². The minimum Gasteiger partial charge on any atom is -0.462 e. The van der Waals surface area contributed by atoms with Gasteiger partial charge in [-0.2, -0.15) is 0 Å². The standard InChI is InChI=1S/C69H118O6/c1-4-7-10-13-15-17-19-21-23-25-26-27-28-29-30-31-32-33-34-35-36-37-38-39-40-41-42-44-45-47-49-51-53-56-59-62-68(71)74-65-66(64-73-67(70)61-58-55-12-9-6-3)75-69(72)63-60-57-54-52-50-48-46-43-24-22-20-18-16-14-11-8-5-2/h7,10,15,17,21,23,26-27,29-30,32-33,35-36,38-39,66H,4-6,8-9,11-14,16,18-20,22,24-25,28,31,34,37,40-65H2,1-3H3/b10-7-,17-15-,23-21-,27-26-,30-29-,33-32-,36-35-,39-38-. The van der Waals surface area contributed by atoms with Gasteiger partial charge in [-0.25, -0.2) is 0 Å². The molecule has 0 aliphatic carbocycles. The number of esters is 3. The average Bonchev–Trinajstić information content (AvgIpc) is 3.41. The van der Waals surface area contributed by atoms with Crippen LogP contribution in [0.3, 0.4) is 0 Å². The van der Waals surface area contributed by atoms with Crippen LogP contribution in [-0.2, 0) is 28.6 Å². The van der Waals surface area contributed by atoms with Crippen molar-refractivity contribution in [3.05, 3.63) is 97.2 Å². The Kier molecular flexibility index (Phi) is 59.8. The molecule has 0 spiro atoms. The van der Waals surface area contributed by atoms with Crippen molar-refractivity contribution in [3.8, 4) is 0 Å². The van der Waals surface area contributed by atoms with Crippen molar-refractivity contribution in [2.24, 2.45) is 0 Å². The maximum absolute atomic E-state index is 12.8. The van der Waals surface area contributed by atoms with E-state index in [-0.39, 0.29) is 31.1 Å². The molecule has 1 unspecified atom stereocenters. The Bertz CT molecular complexity index is 1480. The lowest BCUT2D eigenvalue weighted by molar-refractivity contribution is -0.167. The maximum Gasteiger partial charge on any atom is 0.306 e. The number of unbranched alkanes of at least 4 members (excludes halogenated alkanes) is 30. The average molecular weight is 1040 g/mol. The van der Waals surface area contributed by atoms with E-state index in [4.69, 9.17) is 14.2 Å². The molecule has 430 valence electrons. The first-order valence-electron chi connectivity index (χ1n) is 31.7. The number of hydrogen-bond donors (Lipinski definition) is 0. The van der Waals surface area contributed by atoms with E-state index in [9.17, 15) is 14.4 Å². The Morgan fingerprint density at radius 2 is 0.520 bits per heavy atom. The number of carbonyl (C=O) groups is 3. The molecule has 0 aromatic rings. The second kappa shape index (κ2) is 62.9. The summed E-state index contributed by atoms with van der Waals surface area (Å²) in [5.74, 6) is -0.884. The van der Waals surface area contributed by atoms with Gasteiger partial charge in [-0.1, -0.05) is 298 Å². The lowest BCUT2D eigenvalue weighted by atomic mass is 10.0. The molecular weight excluding hydrogens is 925 g/mol. The zero-order valence-corrected chi connectivity index (χ0v) is 49.3. The molecule has 0 radical (unpaired) electrons. The molecule has 0 heterocycles. The molecule has 0 bridgehead atoms. The molecule has 0 rings (SSSR count).